The summed E-state index contributed by atoms with van der Waals surface area (Å²) < 4.78 is 5.30. The largest absolute Gasteiger partial charge is 0.508 e. The van der Waals surface area contributed by atoms with E-state index in [1.807, 2.05) is 32.9 Å². The Bertz CT molecular complexity index is 387. The van der Waals surface area contributed by atoms with Crippen molar-refractivity contribution in [3.05, 3.63) is 29.8 Å². The molecule has 1 N–H and O–H groups in total. The first kappa shape index (κ1) is 14.5. The maximum Gasteiger partial charge on any atom is 0.248 e. The Hall–Kier alpha value is -1.55. The monoisotopic (exact) mass is 251 g/mol. The Labute approximate surface area is 108 Å². The van der Waals surface area contributed by atoms with Gasteiger partial charge in [-0.15, -0.1) is 0 Å². The SMILES string of the molecule is CC(C)OCC(=O)N(C)C(C)c1ccc(O)cc1. The second kappa shape index (κ2) is 6.40. The molecule has 4 heteroatoms. The molecule has 0 spiro atoms. The molecule has 0 aliphatic heterocycles. The van der Waals surface area contributed by atoms with E-state index in [4.69, 9.17) is 4.74 Å². The number of hydrogen-bond donors (Lipinski definition) is 1. The lowest BCUT2D eigenvalue weighted by molar-refractivity contribution is -0.138. The molecule has 0 aliphatic rings. The lowest BCUT2D eigenvalue weighted by Crippen LogP contribution is -2.33. The minimum atomic E-state index is -0.0516. The fraction of sp³-hybridized carbons (Fsp3) is 0.500. The number of phenolic OH excluding ortho intramolecular Hbond substituents is 1. The highest BCUT2D eigenvalue weighted by Gasteiger charge is 2.17. The third kappa shape index (κ3) is 4.04. The van der Waals surface area contributed by atoms with Crippen molar-refractivity contribution >= 4 is 5.91 Å². The number of nitrogens with zero attached hydrogens (tertiary/aromatic N) is 1. The molecule has 1 atom stereocenters. The van der Waals surface area contributed by atoms with E-state index in [1.165, 1.54) is 0 Å². The van der Waals surface area contributed by atoms with Crippen LogP contribution in [-0.2, 0) is 9.53 Å². The van der Waals surface area contributed by atoms with Gasteiger partial charge < -0.3 is 14.7 Å². The van der Waals surface area contributed by atoms with E-state index >= 15 is 0 Å². The van der Waals surface area contributed by atoms with Crippen LogP contribution in [0.2, 0.25) is 0 Å². The highest BCUT2D eigenvalue weighted by atomic mass is 16.5. The maximum absolute atomic E-state index is 11.9. The lowest BCUT2D eigenvalue weighted by Gasteiger charge is -2.25. The maximum atomic E-state index is 11.9. The van der Waals surface area contributed by atoms with Crippen LogP contribution in [0.5, 0.6) is 5.75 Å². The van der Waals surface area contributed by atoms with Gasteiger partial charge in [0.05, 0.1) is 12.1 Å². The van der Waals surface area contributed by atoms with Crippen LogP contribution < -0.4 is 0 Å². The number of amides is 1. The number of benzene rings is 1. The zero-order chi connectivity index (χ0) is 13.7. The quantitative estimate of drug-likeness (QED) is 0.873. The molecule has 0 saturated heterocycles. The van der Waals surface area contributed by atoms with Gasteiger partial charge in [0.2, 0.25) is 5.91 Å². The van der Waals surface area contributed by atoms with Crippen LogP contribution >= 0.6 is 0 Å². The Morgan fingerprint density at radius 3 is 2.33 bits per heavy atom. The van der Waals surface area contributed by atoms with Crippen molar-refractivity contribution in [3.63, 3.8) is 0 Å². The molecule has 1 aromatic rings. The van der Waals surface area contributed by atoms with Crippen LogP contribution in [-0.4, -0.2) is 35.7 Å². The Morgan fingerprint density at radius 1 is 1.28 bits per heavy atom. The number of phenols is 1. The molecule has 1 rings (SSSR count). The van der Waals surface area contributed by atoms with Gasteiger partial charge in [0.1, 0.15) is 12.4 Å². The Kier molecular flexibility index (Phi) is 5.16. The number of likely N-dealkylation sites (N-methyl/N-ethyl adjacent to an activating group) is 1. The predicted octanol–water partition coefficient (Wildman–Crippen LogP) is 2.34. The molecule has 0 fully saturated rings. The zero-order valence-corrected chi connectivity index (χ0v) is 11.4. The van der Waals surface area contributed by atoms with E-state index in [2.05, 4.69) is 0 Å². The van der Waals surface area contributed by atoms with Gasteiger partial charge in [-0.1, -0.05) is 12.1 Å². The summed E-state index contributed by atoms with van der Waals surface area (Å²) in [7, 11) is 1.75. The smallest absolute Gasteiger partial charge is 0.248 e. The summed E-state index contributed by atoms with van der Waals surface area (Å²) in [4.78, 5) is 13.5. The van der Waals surface area contributed by atoms with E-state index in [9.17, 15) is 9.90 Å². The zero-order valence-electron chi connectivity index (χ0n) is 11.4. The molecule has 1 aromatic carbocycles. The molecule has 1 amide bonds. The van der Waals surface area contributed by atoms with Crippen molar-refractivity contribution in [2.75, 3.05) is 13.7 Å². The average molecular weight is 251 g/mol. The number of carbonyl (C=O) groups is 1. The molecule has 0 bridgehead atoms. The van der Waals surface area contributed by atoms with E-state index < -0.39 is 0 Å². The molecule has 1 unspecified atom stereocenters. The Morgan fingerprint density at radius 2 is 1.83 bits per heavy atom. The summed E-state index contributed by atoms with van der Waals surface area (Å²) in [5, 5.41) is 9.23. The summed E-state index contributed by atoms with van der Waals surface area (Å²) in [5.41, 5.74) is 0.980. The molecule has 0 heterocycles. The molecule has 0 saturated carbocycles. The fourth-order valence-electron chi connectivity index (χ4n) is 1.53. The molecule has 0 radical (unpaired) electrons. The summed E-state index contributed by atoms with van der Waals surface area (Å²) in [6, 6.07) is 6.82. The van der Waals surface area contributed by atoms with Crippen molar-refractivity contribution < 1.29 is 14.6 Å². The van der Waals surface area contributed by atoms with Gasteiger partial charge in [0.25, 0.3) is 0 Å². The number of ether oxygens (including phenoxy) is 1. The topological polar surface area (TPSA) is 49.8 Å². The summed E-state index contributed by atoms with van der Waals surface area (Å²) >= 11 is 0. The van der Waals surface area contributed by atoms with Gasteiger partial charge in [-0.25, -0.2) is 0 Å². The van der Waals surface area contributed by atoms with Gasteiger partial charge in [0, 0.05) is 7.05 Å². The normalized spacial score (nSPS) is 12.5. The fourth-order valence-corrected chi connectivity index (χ4v) is 1.53. The summed E-state index contributed by atoms with van der Waals surface area (Å²) in [6.45, 7) is 5.84. The van der Waals surface area contributed by atoms with Crippen molar-refractivity contribution in [2.45, 2.75) is 32.9 Å². The standard InChI is InChI=1S/C14H21NO3/c1-10(2)18-9-14(17)15(4)11(3)12-5-7-13(16)8-6-12/h5-8,10-11,16H,9H2,1-4H3. The van der Waals surface area contributed by atoms with Crippen molar-refractivity contribution in [2.24, 2.45) is 0 Å². The molecular weight excluding hydrogens is 230 g/mol. The van der Waals surface area contributed by atoms with Gasteiger partial charge in [-0.3, -0.25) is 4.79 Å². The number of aromatic hydroxyl groups is 1. The predicted molar refractivity (Wildman–Crippen MR) is 70.4 cm³/mol. The van der Waals surface area contributed by atoms with Crippen LogP contribution in [0.4, 0.5) is 0 Å². The van der Waals surface area contributed by atoms with Crippen molar-refractivity contribution in [1.29, 1.82) is 0 Å². The van der Waals surface area contributed by atoms with Crippen LogP contribution in [0.15, 0.2) is 24.3 Å². The van der Waals surface area contributed by atoms with Crippen LogP contribution in [0.25, 0.3) is 0 Å². The average Bonchev–Trinajstić information content (AvgIpc) is 2.35. The number of carbonyl (C=O) groups excluding carboxylic acids is 1. The third-order valence-corrected chi connectivity index (χ3v) is 2.89. The van der Waals surface area contributed by atoms with Gasteiger partial charge >= 0.3 is 0 Å². The van der Waals surface area contributed by atoms with Gasteiger partial charge in [0.15, 0.2) is 0 Å². The van der Waals surface area contributed by atoms with E-state index in [0.29, 0.717) is 0 Å². The molecule has 0 aliphatic carbocycles. The first-order valence-electron chi connectivity index (χ1n) is 6.08. The van der Waals surface area contributed by atoms with Gasteiger partial charge in [-0.2, -0.15) is 0 Å². The molecule has 0 aromatic heterocycles. The van der Waals surface area contributed by atoms with E-state index in [0.717, 1.165) is 5.56 Å². The second-order valence-electron chi connectivity index (χ2n) is 4.63. The van der Waals surface area contributed by atoms with Crippen LogP contribution in [0.1, 0.15) is 32.4 Å². The van der Waals surface area contributed by atoms with Gasteiger partial charge in [-0.05, 0) is 38.5 Å². The van der Waals surface area contributed by atoms with Crippen molar-refractivity contribution in [1.82, 2.24) is 4.90 Å². The molecule has 100 valence electrons. The summed E-state index contributed by atoms with van der Waals surface area (Å²) in [5.74, 6) is 0.173. The molecule has 4 nitrogen and oxygen atoms in total. The van der Waals surface area contributed by atoms with Crippen molar-refractivity contribution in [3.8, 4) is 5.75 Å². The van der Waals surface area contributed by atoms with Crippen LogP contribution in [0.3, 0.4) is 0 Å². The third-order valence-electron chi connectivity index (χ3n) is 2.89. The van der Waals surface area contributed by atoms with E-state index in [-0.39, 0.29) is 30.4 Å². The summed E-state index contributed by atoms with van der Waals surface area (Å²) in [6.07, 6.45) is 0.0475. The highest BCUT2D eigenvalue weighted by Crippen LogP contribution is 2.21. The first-order chi connectivity index (χ1) is 8.41. The molecular formula is C14H21NO3. The van der Waals surface area contributed by atoms with E-state index in [1.54, 1.807) is 24.1 Å². The number of rotatable bonds is 5. The first-order valence-corrected chi connectivity index (χ1v) is 6.08. The number of hydrogen-bond acceptors (Lipinski definition) is 3. The lowest BCUT2D eigenvalue weighted by atomic mass is 10.1. The highest BCUT2D eigenvalue weighted by molar-refractivity contribution is 5.77. The minimum absolute atomic E-state index is 0.0473. The van der Waals surface area contributed by atoms with Crippen LogP contribution in [0, 0.1) is 0 Å². The Balaban J connectivity index is 2.62. The second-order valence-corrected chi connectivity index (χ2v) is 4.63. The molecule has 18 heavy (non-hydrogen) atoms. The minimum Gasteiger partial charge on any atom is -0.508 e.